The third kappa shape index (κ3) is 2.61. The quantitative estimate of drug-likeness (QED) is 0.901. The van der Waals surface area contributed by atoms with Crippen molar-refractivity contribution in [2.24, 2.45) is 5.92 Å². The summed E-state index contributed by atoms with van der Waals surface area (Å²) in [6, 6.07) is 3.36. The Hall–Kier alpha value is -2.04. The molecule has 1 amide bonds. The lowest BCUT2D eigenvalue weighted by atomic mass is 9.89. The van der Waals surface area contributed by atoms with Crippen molar-refractivity contribution in [1.29, 1.82) is 0 Å². The molecule has 0 aliphatic heterocycles. The van der Waals surface area contributed by atoms with Crippen LogP contribution in [0.4, 0.5) is 0 Å². The number of carbonyl (C=O) groups is 1. The van der Waals surface area contributed by atoms with Crippen LogP contribution in [0.25, 0.3) is 5.65 Å². The van der Waals surface area contributed by atoms with Crippen molar-refractivity contribution in [1.82, 2.24) is 14.7 Å². The van der Waals surface area contributed by atoms with E-state index in [9.17, 15) is 9.90 Å². The standard InChI is InChI=1S/C15H19N3O2/c19-13-7-4-8-18-10-12(17-14(13)18)9-16-15(20)11-5-2-1-3-6-11/h4,7-8,10-11,19H,1-3,5-6,9H2,(H,16,20). The number of carbonyl (C=O) groups excluding carboxylic acids is 1. The third-order valence-corrected chi connectivity index (χ3v) is 3.93. The molecule has 3 rings (SSSR count). The van der Waals surface area contributed by atoms with Gasteiger partial charge in [0.2, 0.25) is 5.91 Å². The summed E-state index contributed by atoms with van der Waals surface area (Å²) in [5.41, 5.74) is 1.28. The van der Waals surface area contributed by atoms with Crippen LogP contribution in [0.5, 0.6) is 5.75 Å². The Balaban J connectivity index is 1.64. The van der Waals surface area contributed by atoms with Gasteiger partial charge in [-0.1, -0.05) is 19.3 Å². The Bertz CT molecular complexity index is 615. The van der Waals surface area contributed by atoms with Gasteiger partial charge in [-0.25, -0.2) is 4.98 Å². The molecule has 20 heavy (non-hydrogen) atoms. The molecular weight excluding hydrogens is 254 g/mol. The lowest BCUT2D eigenvalue weighted by Crippen LogP contribution is -2.31. The molecule has 0 bridgehead atoms. The largest absolute Gasteiger partial charge is 0.504 e. The van der Waals surface area contributed by atoms with Gasteiger partial charge in [0.25, 0.3) is 0 Å². The van der Waals surface area contributed by atoms with Crippen molar-refractivity contribution < 1.29 is 9.90 Å². The number of rotatable bonds is 3. The van der Waals surface area contributed by atoms with E-state index in [4.69, 9.17) is 0 Å². The molecule has 0 atom stereocenters. The number of aromatic hydroxyl groups is 1. The van der Waals surface area contributed by atoms with Gasteiger partial charge in [0.1, 0.15) is 0 Å². The first-order valence-corrected chi connectivity index (χ1v) is 7.17. The smallest absolute Gasteiger partial charge is 0.223 e. The van der Waals surface area contributed by atoms with Gasteiger partial charge in [0.05, 0.1) is 12.2 Å². The molecule has 1 saturated carbocycles. The van der Waals surface area contributed by atoms with Crippen LogP contribution in [-0.4, -0.2) is 20.4 Å². The molecular formula is C15H19N3O2. The maximum Gasteiger partial charge on any atom is 0.223 e. The van der Waals surface area contributed by atoms with Gasteiger partial charge in [-0.05, 0) is 25.0 Å². The van der Waals surface area contributed by atoms with Gasteiger partial charge in [-0.2, -0.15) is 0 Å². The van der Waals surface area contributed by atoms with Crippen LogP contribution in [0.3, 0.4) is 0 Å². The molecule has 0 radical (unpaired) electrons. The Morgan fingerprint density at radius 2 is 2.20 bits per heavy atom. The predicted octanol–water partition coefficient (Wildman–Crippen LogP) is 2.24. The number of hydrogen-bond acceptors (Lipinski definition) is 3. The zero-order valence-electron chi connectivity index (χ0n) is 11.4. The maximum atomic E-state index is 12.1. The van der Waals surface area contributed by atoms with Crippen LogP contribution >= 0.6 is 0 Å². The van der Waals surface area contributed by atoms with Gasteiger partial charge in [-0.3, -0.25) is 4.79 Å². The van der Waals surface area contributed by atoms with Crippen LogP contribution < -0.4 is 5.32 Å². The number of imidazole rings is 1. The average molecular weight is 273 g/mol. The van der Waals surface area contributed by atoms with E-state index in [0.29, 0.717) is 12.2 Å². The number of nitrogens with one attached hydrogen (secondary N) is 1. The van der Waals surface area contributed by atoms with Crippen LogP contribution in [0.2, 0.25) is 0 Å². The van der Waals surface area contributed by atoms with E-state index in [1.165, 1.54) is 6.42 Å². The summed E-state index contributed by atoms with van der Waals surface area (Å²) in [7, 11) is 0. The number of fused-ring (bicyclic) bond motifs is 1. The molecule has 2 N–H and O–H groups in total. The molecule has 1 aliphatic carbocycles. The molecule has 0 aromatic carbocycles. The first-order valence-electron chi connectivity index (χ1n) is 7.17. The Labute approximate surface area is 117 Å². The summed E-state index contributed by atoms with van der Waals surface area (Å²) in [5.74, 6) is 0.442. The van der Waals surface area contributed by atoms with Crippen molar-refractivity contribution >= 4 is 11.6 Å². The zero-order valence-corrected chi connectivity index (χ0v) is 11.4. The normalized spacial score (nSPS) is 16.4. The molecule has 5 heteroatoms. The summed E-state index contributed by atoms with van der Waals surface area (Å²) in [6.45, 7) is 0.413. The van der Waals surface area contributed by atoms with Crippen LogP contribution in [0, 0.1) is 5.92 Å². The first kappa shape index (κ1) is 13.0. The second-order valence-corrected chi connectivity index (χ2v) is 5.41. The summed E-state index contributed by atoms with van der Waals surface area (Å²) < 4.78 is 1.76. The van der Waals surface area contributed by atoms with Gasteiger partial charge < -0.3 is 14.8 Å². The minimum absolute atomic E-state index is 0.131. The minimum Gasteiger partial charge on any atom is -0.504 e. The summed E-state index contributed by atoms with van der Waals surface area (Å²) in [5, 5.41) is 12.6. The van der Waals surface area contributed by atoms with Crippen molar-refractivity contribution in [2.45, 2.75) is 38.6 Å². The number of nitrogens with zero attached hydrogens (tertiary/aromatic N) is 2. The SMILES string of the molecule is O=C(NCc1cn2cccc(O)c2n1)C1CCCCC1. The van der Waals surface area contributed by atoms with E-state index in [-0.39, 0.29) is 17.6 Å². The fourth-order valence-electron chi connectivity index (χ4n) is 2.82. The lowest BCUT2D eigenvalue weighted by Gasteiger charge is -2.20. The van der Waals surface area contributed by atoms with Crippen molar-refractivity contribution in [3.05, 3.63) is 30.2 Å². The maximum absolute atomic E-state index is 12.1. The number of aromatic nitrogens is 2. The predicted molar refractivity (Wildman–Crippen MR) is 75.3 cm³/mol. The molecule has 0 saturated heterocycles. The number of amides is 1. The molecule has 0 unspecified atom stereocenters. The molecule has 1 aliphatic rings. The van der Waals surface area contributed by atoms with E-state index < -0.39 is 0 Å². The summed E-state index contributed by atoms with van der Waals surface area (Å²) in [4.78, 5) is 16.4. The molecule has 2 heterocycles. The number of pyridine rings is 1. The van der Waals surface area contributed by atoms with E-state index >= 15 is 0 Å². The fourth-order valence-corrected chi connectivity index (χ4v) is 2.82. The average Bonchev–Trinajstić information content (AvgIpc) is 2.90. The minimum atomic E-state index is 0.131. The molecule has 2 aromatic heterocycles. The van der Waals surface area contributed by atoms with Crippen molar-refractivity contribution in [3.63, 3.8) is 0 Å². The molecule has 106 valence electrons. The monoisotopic (exact) mass is 273 g/mol. The second kappa shape index (κ2) is 5.53. The van der Waals surface area contributed by atoms with Crippen LogP contribution in [-0.2, 0) is 11.3 Å². The van der Waals surface area contributed by atoms with Gasteiger partial charge in [-0.15, -0.1) is 0 Å². The van der Waals surface area contributed by atoms with E-state index in [0.717, 1.165) is 31.4 Å². The highest BCUT2D eigenvalue weighted by atomic mass is 16.3. The Morgan fingerprint density at radius 1 is 1.40 bits per heavy atom. The van der Waals surface area contributed by atoms with Gasteiger partial charge in [0, 0.05) is 18.3 Å². The Kier molecular flexibility index (Phi) is 3.58. The first-order chi connectivity index (χ1) is 9.74. The zero-order chi connectivity index (χ0) is 13.9. The molecule has 5 nitrogen and oxygen atoms in total. The number of hydrogen-bond donors (Lipinski definition) is 2. The third-order valence-electron chi connectivity index (χ3n) is 3.93. The fraction of sp³-hybridized carbons (Fsp3) is 0.467. The molecule has 0 spiro atoms. The van der Waals surface area contributed by atoms with Crippen molar-refractivity contribution in [3.8, 4) is 5.75 Å². The summed E-state index contributed by atoms with van der Waals surface area (Å²) >= 11 is 0. The van der Waals surface area contributed by atoms with E-state index in [2.05, 4.69) is 10.3 Å². The Morgan fingerprint density at radius 3 is 2.95 bits per heavy atom. The topological polar surface area (TPSA) is 66.6 Å². The summed E-state index contributed by atoms with van der Waals surface area (Å²) in [6.07, 6.45) is 9.20. The highest BCUT2D eigenvalue weighted by Crippen LogP contribution is 2.23. The molecule has 1 fully saturated rings. The van der Waals surface area contributed by atoms with E-state index in [1.54, 1.807) is 16.5 Å². The van der Waals surface area contributed by atoms with E-state index in [1.807, 2.05) is 12.4 Å². The van der Waals surface area contributed by atoms with Crippen LogP contribution in [0.1, 0.15) is 37.8 Å². The van der Waals surface area contributed by atoms with Crippen molar-refractivity contribution in [2.75, 3.05) is 0 Å². The highest BCUT2D eigenvalue weighted by molar-refractivity contribution is 5.78. The molecule has 2 aromatic rings. The second-order valence-electron chi connectivity index (χ2n) is 5.41. The van der Waals surface area contributed by atoms with Gasteiger partial charge >= 0.3 is 0 Å². The lowest BCUT2D eigenvalue weighted by molar-refractivity contribution is -0.126. The van der Waals surface area contributed by atoms with Crippen LogP contribution in [0.15, 0.2) is 24.5 Å². The van der Waals surface area contributed by atoms with Gasteiger partial charge in [0.15, 0.2) is 11.4 Å². The highest BCUT2D eigenvalue weighted by Gasteiger charge is 2.20.